The predicted molar refractivity (Wildman–Crippen MR) is 79.9 cm³/mol. The van der Waals surface area contributed by atoms with Gasteiger partial charge < -0.3 is 10.6 Å². The maximum absolute atomic E-state index is 13.7. The summed E-state index contributed by atoms with van der Waals surface area (Å²) in [5.74, 6) is -3.59. The number of rotatable bonds is 4. The van der Waals surface area contributed by atoms with E-state index in [2.05, 4.69) is 25.8 Å². The minimum Gasteiger partial charge on any atom is -0.366 e. The normalized spacial score (nSPS) is 15.4. The van der Waals surface area contributed by atoms with Crippen LogP contribution in [0, 0.1) is 17.5 Å². The third-order valence-electron chi connectivity index (χ3n) is 3.80. The Bertz CT molecular complexity index is 689. The molecule has 0 spiro atoms. The Hall–Kier alpha value is -2.38. The van der Waals surface area contributed by atoms with Crippen molar-refractivity contribution in [1.29, 1.82) is 0 Å². The van der Waals surface area contributed by atoms with Crippen LogP contribution in [0.2, 0.25) is 0 Å². The van der Waals surface area contributed by atoms with Crippen molar-refractivity contribution in [2.75, 3.05) is 10.6 Å². The van der Waals surface area contributed by atoms with Crippen molar-refractivity contribution in [2.45, 2.75) is 38.1 Å². The summed E-state index contributed by atoms with van der Waals surface area (Å²) >= 11 is 0. The molecule has 1 heterocycles. The maximum atomic E-state index is 13.7. The van der Waals surface area contributed by atoms with Crippen LogP contribution in [0.25, 0.3) is 0 Å². The number of halogens is 3. The largest absolute Gasteiger partial charge is 0.366 e. The lowest BCUT2D eigenvalue weighted by molar-refractivity contribution is 0.449. The molecule has 1 aromatic carbocycles. The van der Waals surface area contributed by atoms with Crippen LogP contribution >= 0.6 is 0 Å². The molecule has 5 nitrogen and oxygen atoms in total. The summed E-state index contributed by atoms with van der Waals surface area (Å²) < 4.78 is 39.8. The van der Waals surface area contributed by atoms with Gasteiger partial charge in [-0.2, -0.15) is 10.1 Å². The Morgan fingerprint density at radius 3 is 2.57 bits per heavy atom. The molecule has 1 saturated carbocycles. The van der Waals surface area contributed by atoms with E-state index in [4.69, 9.17) is 0 Å². The fourth-order valence-electron chi connectivity index (χ4n) is 2.63. The molecule has 2 aromatic rings. The van der Waals surface area contributed by atoms with Crippen molar-refractivity contribution in [3.8, 4) is 0 Å². The summed E-state index contributed by atoms with van der Waals surface area (Å²) in [6.07, 6.45) is 7.17. The van der Waals surface area contributed by atoms with Gasteiger partial charge in [-0.15, -0.1) is 5.10 Å². The lowest BCUT2D eigenvalue weighted by Gasteiger charge is -2.23. The second-order valence-electron chi connectivity index (χ2n) is 5.49. The molecule has 122 valence electrons. The first-order valence-electron chi connectivity index (χ1n) is 7.50. The molecule has 23 heavy (non-hydrogen) atoms. The van der Waals surface area contributed by atoms with E-state index in [0.717, 1.165) is 25.0 Å². The Labute approximate surface area is 131 Å². The zero-order valence-electron chi connectivity index (χ0n) is 12.3. The van der Waals surface area contributed by atoms with Crippen molar-refractivity contribution in [3.05, 3.63) is 35.8 Å². The third kappa shape index (κ3) is 3.69. The number of hydrogen-bond donors (Lipinski definition) is 2. The first-order chi connectivity index (χ1) is 11.1. The van der Waals surface area contributed by atoms with E-state index < -0.39 is 17.5 Å². The Kier molecular flexibility index (Phi) is 4.59. The molecule has 1 fully saturated rings. The maximum Gasteiger partial charge on any atom is 0.249 e. The molecule has 1 aliphatic carbocycles. The number of benzene rings is 1. The molecule has 3 rings (SSSR count). The molecule has 1 aromatic heterocycles. The van der Waals surface area contributed by atoms with Crippen molar-refractivity contribution in [2.24, 2.45) is 0 Å². The smallest absolute Gasteiger partial charge is 0.249 e. The van der Waals surface area contributed by atoms with Crippen molar-refractivity contribution in [1.82, 2.24) is 15.2 Å². The monoisotopic (exact) mass is 323 g/mol. The average molecular weight is 323 g/mol. The second kappa shape index (κ2) is 6.80. The first kappa shape index (κ1) is 15.5. The van der Waals surface area contributed by atoms with E-state index in [1.165, 1.54) is 25.5 Å². The molecule has 0 aliphatic heterocycles. The molecule has 0 amide bonds. The van der Waals surface area contributed by atoms with Gasteiger partial charge in [0, 0.05) is 6.04 Å². The fourth-order valence-corrected chi connectivity index (χ4v) is 2.63. The highest BCUT2D eigenvalue weighted by Gasteiger charge is 2.16. The predicted octanol–water partition coefficient (Wildman–Crippen LogP) is 3.78. The number of hydrogen-bond acceptors (Lipinski definition) is 5. The van der Waals surface area contributed by atoms with Crippen LogP contribution in [-0.2, 0) is 0 Å². The SMILES string of the molecule is Fc1ccc(Nc2nncc(NC3CCCCC3)n2)c(F)c1F. The van der Waals surface area contributed by atoms with Crippen LogP contribution in [0.3, 0.4) is 0 Å². The summed E-state index contributed by atoms with van der Waals surface area (Å²) in [6, 6.07) is 2.24. The van der Waals surface area contributed by atoms with E-state index in [1.54, 1.807) is 0 Å². The Morgan fingerprint density at radius 1 is 1.00 bits per heavy atom. The molecule has 0 bridgehead atoms. The quantitative estimate of drug-likeness (QED) is 0.839. The van der Waals surface area contributed by atoms with Crippen LogP contribution in [-0.4, -0.2) is 21.2 Å². The highest BCUT2D eigenvalue weighted by Crippen LogP contribution is 2.23. The van der Waals surface area contributed by atoms with Gasteiger partial charge in [-0.1, -0.05) is 19.3 Å². The summed E-state index contributed by atoms with van der Waals surface area (Å²) in [4.78, 5) is 4.18. The fraction of sp³-hybridized carbons (Fsp3) is 0.400. The summed E-state index contributed by atoms with van der Waals surface area (Å²) in [5.41, 5.74) is -0.250. The van der Waals surface area contributed by atoms with Crippen LogP contribution in [0.4, 0.5) is 30.6 Å². The van der Waals surface area contributed by atoms with Gasteiger partial charge in [0.05, 0.1) is 11.9 Å². The molecule has 0 unspecified atom stereocenters. The van der Waals surface area contributed by atoms with E-state index in [-0.39, 0.29) is 11.6 Å². The minimum absolute atomic E-state index is 0.00992. The number of nitrogens with one attached hydrogen (secondary N) is 2. The summed E-state index contributed by atoms with van der Waals surface area (Å²) in [6.45, 7) is 0. The zero-order chi connectivity index (χ0) is 16.2. The van der Waals surface area contributed by atoms with Crippen molar-refractivity contribution in [3.63, 3.8) is 0 Å². The van der Waals surface area contributed by atoms with E-state index >= 15 is 0 Å². The van der Waals surface area contributed by atoms with Gasteiger partial charge in [0.1, 0.15) is 0 Å². The van der Waals surface area contributed by atoms with Gasteiger partial charge in [-0.3, -0.25) is 0 Å². The molecule has 2 N–H and O–H groups in total. The number of nitrogens with zero attached hydrogens (tertiary/aromatic N) is 3. The lowest BCUT2D eigenvalue weighted by atomic mass is 9.96. The van der Waals surface area contributed by atoms with Gasteiger partial charge >= 0.3 is 0 Å². The highest BCUT2D eigenvalue weighted by molar-refractivity contribution is 5.55. The van der Waals surface area contributed by atoms with Crippen molar-refractivity contribution >= 4 is 17.5 Å². The van der Waals surface area contributed by atoms with E-state index in [0.29, 0.717) is 11.9 Å². The van der Waals surface area contributed by atoms with Crippen LogP contribution in [0.5, 0.6) is 0 Å². The van der Waals surface area contributed by atoms with Gasteiger partial charge in [-0.25, -0.2) is 13.2 Å². The number of anilines is 3. The lowest BCUT2D eigenvalue weighted by Crippen LogP contribution is -2.23. The van der Waals surface area contributed by atoms with Crippen LogP contribution < -0.4 is 10.6 Å². The molecule has 8 heteroatoms. The first-order valence-corrected chi connectivity index (χ1v) is 7.50. The van der Waals surface area contributed by atoms with Gasteiger partial charge in [-0.05, 0) is 25.0 Å². The zero-order valence-corrected chi connectivity index (χ0v) is 12.3. The molecular weight excluding hydrogens is 307 g/mol. The Morgan fingerprint density at radius 2 is 1.78 bits per heavy atom. The molecule has 0 radical (unpaired) electrons. The summed E-state index contributed by atoms with van der Waals surface area (Å²) in [7, 11) is 0. The Balaban J connectivity index is 1.73. The standard InChI is InChI=1S/C15H16F3N5/c16-10-6-7-11(14(18)13(10)17)21-15-22-12(8-19-23-15)20-9-4-2-1-3-5-9/h6-9H,1-5H2,(H2,20,21,22,23). The van der Waals surface area contributed by atoms with Crippen LogP contribution in [0.1, 0.15) is 32.1 Å². The van der Waals surface area contributed by atoms with Crippen LogP contribution in [0.15, 0.2) is 18.3 Å². The summed E-state index contributed by atoms with van der Waals surface area (Å²) in [5, 5.41) is 13.3. The average Bonchev–Trinajstić information content (AvgIpc) is 2.57. The minimum atomic E-state index is -1.54. The van der Waals surface area contributed by atoms with E-state index in [9.17, 15) is 13.2 Å². The van der Waals surface area contributed by atoms with Gasteiger partial charge in [0.25, 0.3) is 0 Å². The molecule has 0 saturated heterocycles. The van der Waals surface area contributed by atoms with Crippen molar-refractivity contribution < 1.29 is 13.2 Å². The van der Waals surface area contributed by atoms with Gasteiger partial charge in [0.15, 0.2) is 23.3 Å². The number of aromatic nitrogens is 3. The topological polar surface area (TPSA) is 62.7 Å². The second-order valence-corrected chi connectivity index (χ2v) is 5.49. The molecular formula is C15H16F3N5. The molecule has 1 aliphatic rings. The van der Waals surface area contributed by atoms with Gasteiger partial charge in [0.2, 0.25) is 5.95 Å². The highest BCUT2D eigenvalue weighted by atomic mass is 19.2. The van der Waals surface area contributed by atoms with E-state index in [1.807, 2.05) is 0 Å². The third-order valence-corrected chi connectivity index (χ3v) is 3.80. The molecule has 0 atom stereocenters.